The molecule has 1 aliphatic carbocycles. The van der Waals surface area contributed by atoms with Crippen molar-refractivity contribution in [1.29, 1.82) is 0 Å². The van der Waals surface area contributed by atoms with Crippen LogP contribution in [0, 0.1) is 0 Å². The summed E-state index contributed by atoms with van der Waals surface area (Å²) in [6, 6.07) is 5.58. The third kappa shape index (κ3) is 2.38. The number of aromatic nitrogens is 1. The van der Waals surface area contributed by atoms with Crippen LogP contribution in [0.1, 0.15) is 31.4 Å². The molecule has 0 amide bonds. The van der Waals surface area contributed by atoms with Gasteiger partial charge in [0, 0.05) is 18.3 Å². The maximum Gasteiger partial charge on any atom is 0.168 e. The lowest BCUT2D eigenvalue weighted by Crippen LogP contribution is -2.44. The fourth-order valence-corrected chi connectivity index (χ4v) is 3.26. The highest BCUT2D eigenvalue weighted by atomic mass is 35.5. The molecular formula is C14H18ClNO3. The normalized spacial score (nSPS) is 24.7. The van der Waals surface area contributed by atoms with E-state index in [2.05, 4.69) is 4.98 Å². The van der Waals surface area contributed by atoms with Crippen molar-refractivity contribution in [3.63, 3.8) is 0 Å². The van der Waals surface area contributed by atoms with Crippen molar-refractivity contribution in [2.75, 3.05) is 19.8 Å². The molecule has 3 rings (SSSR count). The van der Waals surface area contributed by atoms with Gasteiger partial charge >= 0.3 is 0 Å². The Morgan fingerprint density at radius 3 is 2.42 bits per heavy atom. The first kappa shape index (κ1) is 13.3. The highest BCUT2D eigenvalue weighted by Gasteiger charge is 2.47. The Morgan fingerprint density at radius 1 is 1.16 bits per heavy atom. The van der Waals surface area contributed by atoms with Crippen molar-refractivity contribution in [3.05, 3.63) is 29.0 Å². The van der Waals surface area contributed by atoms with Crippen molar-refractivity contribution in [3.8, 4) is 0 Å². The first-order valence-electron chi connectivity index (χ1n) is 6.70. The molecule has 1 saturated heterocycles. The summed E-state index contributed by atoms with van der Waals surface area (Å²) in [4.78, 5) is 4.38. The minimum atomic E-state index is -0.419. The zero-order chi connectivity index (χ0) is 13.3. The van der Waals surface area contributed by atoms with Crippen LogP contribution in [0.4, 0.5) is 0 Å². The first-order valence-corrected chi connectivity index (χ1v) is 7.08. The number of pyridine rings is 1. The quantitative estimate of drug-likeness (QED) is 0.846. The number of aliphatic hydroxyl groups is 1. The molecule has 0 atom stereocenters. The molecule has 19 heavy (non-hydrogen) atoms. The summed E-state index contributed by atoms with van der Waals surface area (Å²) in [5.41, 5.74) is 0.557. The number of hydrogen-bond acceptors (Lipinski definition) is 4. The van der Waals surface area contributed by atoms with Crippen molar-refractivity contribution < 1.29 is 14.6 Å². The number of aliphatic hydroxyl groups excluding tert-OH is 1. The lowest BCUT2D eigenvalue weighted by atomic mass is 9.70. The molecule has 2 aliphatic rings. The summed E-state index contributed by atoms with van der Waals surface area (Å²) in [5, 5.41) is 10.3. The molecule has 1 aromatic rings. The van der Waals surface area contributed by atoms with E-state index in [1.54, 1.807) is 6.07 Å². The van der Waals surface area contributed by atoms with Crippen LogP contribution < -0.4 is 0 Å². The maximum absolute atomic E-state index is 9.85. The van der Waals surface area contributed by atoms with Gasteiger partial charge in [0.2, 0.25) is 0 Å². The Labute approximate surface area is 117 Å². The van der Waals surface area contributed by atoms with Crippen molar-refractivity contribution in [1.82, 2.24) is 4.98 Å². The van der Waals surface area contributed by atoms with Crippen LogP contribution in [-0.2, 0) is 14.9 Å². The van der Waals surface area contributed by atoms with Gasteiger partial charge in [-0.05, 0) is 25.0 Å². The molecule has 0 aromatic carbocycles. The molecule has 0 radical (unpaired) electrons. The van der Waals surface area contributed by atoms with E-state index in [1.165, 1.54) is 0 Å². The van der Waals surface area contributed by atoms with Crippen LogP contribution >= 0.6 is 11.6 Å². The van der Waals surface area contributed by atoms with E-state index >= 15 is 0 Å². The average Bonchev–Trinajstić information content (AvgIpc) is 2.89. The highest BCUT2D eigenvalue weighted by Crippen LogP contribution is 2.45. The molecule has 0 bridgehead atoms. The molecule has 4 nitrogen and oxygen atoms in total. The average molecular weight is 284 g/mol. The van der Waals surface area contributed by atoms with Crippen molar-refractivity contribution >= 4 is 11.6 Å². The summed E-state index contributed by atoms with van der Waals surface area (Å²) in [6.07, 6.45) is 3.19. The number of nitrogens with zero attached hydrogens (tertiary/aromatic N) is 1. The molecule has 1 saturated carbocycles. The summed E-state index contributed by atoms with van der Waals surface area (Å²) < 4.78 is 11.5. The predicted molar refractivity (Wildman–Crippen MR) is 71.1 cm³/mol. The number of ether oxygens (including phenoxy) is 2. The monoisotopic (exact) mass is 283 g/mol. The molecule has 0 unspecified atom stereocenters. The Hall–Kier alpha value is -0.680. The standard InChI is InChI=1S/C14H18ClNO3/c15-12-3-1-2-11(16-12)13(10-17)4-6-14(7-5-13)18-8-9-19-14/h1-3,17H,4-10H2. The predicted octanol–water partition coefficient (Wildman–Crippen LogP) is 2.28. The Kier molecular flexibility index (Phi) is 3.52. The van der Waals surface area contributed by atoms with Gasteiger partial charge in [0.15, 0.2) is 5.79 Å². The fraction of sp³-hybridized carbons (Fsp3) is 0.643. The van der Waals surface area contributed by atoms with Crippen LogP contribution in [0.15, 0.2) is 18.2 Å². The van der Waals surface area contributed by atoms with Crippen molar-refractivity contribution in [2.45, 2.75) is 36.9 Å². The summed E-state index contributed by atoms with van der Waals surface area (Å²) in [5.74, 6) is -0.419. The van der Waals surface area contributed by atoms with Gasteiger partial charge < -0.3 is 14.6 Å². The van der Waals surface area contributed by atoms with Crippen molar-refractivity contribution in [2.24, 2.45) is 0 Å². The molecule has 2 heterocycles. The maximum atomic E-state index is 9.85. The van der Waals surface area contributed by atoms with E-state index in [0.717, 1.165) is 31.4 Å². The molecule has 1 spiro atoms. The van der Waals surface area contributed by atoms with Gasteiger partial charge in [-0.1, -0.05) is 17.7 Å². The second-order valence-electron chi connectivity index (χ2n) is 5.39. The Morgan fingerprint density at radius 2 is 1.84 bits per heavy atom. The zero-order valence-corrected chi connectivity index (χ0v) is 11.5. The van der Waals surface area contributed by atoms with Gasteiger partial charge in [0.05, 0.1) is 25.5 Å². The molecule has 1 N–H and O–H groups in total. The van der Waals surface area contributed by atoms with Crippen LogP contribution in [0.25, 0.3) is 0 Å². The second kappa shape index (κ2) is 5.02. The zero-order valence-electron chi connectivity index (χ0n) is 10.8. The molecule has 104 valence electrons. The summed E-state index contributed by atoms with van der Waals surface area (Å²) in [6.45, 7) is 1.42. The summed E-state index contributed by atoms with van der Waals surface area (Å²) >= 11 is 5.96. The highest BCUT2D eigenvalue weighted by molar-refractivity contribution is 6.29. The largest absolute Gasteiger partial charge is 0.395 e. The van der Waals surface area contributed by atoms with Gasteiger partial charge in [-0.2, -0.15) is 0 Å². The fourth-order valence-electron chi connectivity index (χ4n) is 3.09. The van der Waals surface area contributed by atoms with E-state index in [4.69, 9.17) is 21.1 Å². The van der Waals surface area contributed by atoms with E-state index in [0.29, 0.717) is 18.4 Å². The lowest BCUT2D eigenvalue weighted by Gasteiger charge is -2.42. The van der Waals surface area contributed by atoms with Crippen LogP contribution in [0.5, 0.6) is 0 Å². The number of hydrogen-bond donors (Lipinski definition) is 1. The first-order chi connectivity index (χ1) is 9.18. The van der Waals surface area contributed by atoms with Crippen LogP contribution in [-0.4, -0.2) is 35.7 Å². The Bertz CT molecular complexity index is 450. The molecule has 2 fully saturated rings. The molecule has 1 aliphatic heterocycles. The van der Waals surface area contributed by atoms with Crippen LogP contribution in [0.2, 0.25) is 5.15 Å². The van der Waals surface area contributed by atoms with Gasteiger partial charge in [-0.15, -0.1) is 0 Å². The minimum absolute atomic E-state index is 0.0798. The van der Waals surface area contributed by atoms with E-state index in [-0.39, 0.29) is 12.0 Å². The summed E-state index contributed by atoms with van der Waals surface area (Å²) in [7, 11) is 0. The third-order valence-corrected chi connectivity index (χ3v) is 4.55. The van der Waals surface area contributed by atoms with E-state index in [9.17, 15) is 5.11 Å². The number of rotatable bonds is 2. The minimum Gasteiger partial charge on any atom is -0.395 e. The second-order valence-corrected chi connectivity index (χ2v) is 5.78. The molecule has 5 heteroatoms. The van der Waals surface area contributed by atoms with Gasteiger partial charge in [-0.25, -0.2) is 4.98 Å². The number of halogens is 1. The Balaban J connectivity index is 1.82. The third-order valence-electron chi connectivity index (χ3n) is 4.34. The van der Waals surface area contributed by atoms with E-state index in [1.807, 2.05) is 12.1 Å². The van der Waals surface area contributed by atoms with Gasteiger partial charge in [0.1, 0.15) is 5.15 Å². The molecular weight excluding hydrogens is 266 g/mol. The smallest absolute Gasteiger partial charge is 0.168 e. The van der Waals surface area contributed by atoms with Gasteiger partial charge in [0.25, 0.3) is 0 Å². The van der Waals surface area contributed by atoms with Gasteiger partial charge in [-0.3, -0.25) is 0 Å². The van der Waals surface area contributed by atoms with Crippen LogP contribution in [0.3, 0.4) is 0 Å². The van der Waals surface area contributed by atoms with E-state index < -0.39 is 5.79 Å². The SMILES string of the molecule is OCC1(c2cccc(Cl)n2)CCC2(CC1)OCCO2. The lowest BCUT2D eigenvalue weighted by molar-refractivity contribution is -0.187. The molecule has 1 aromatic heterocycles. The topological polar surface area (TPSA) is 51.6 Å².